The van der Waals surface area contributed by atoms with Crippen LogP contribution in [-0.4, -0.2) is 35.5 Å². The normalized spacial score (nSPS) is 23.1. The van der Waals surface area contributed by atoms with Crippen molar-refractivity contribution in [1.82, 2.24) is 9.80 Å². The average molecular weight is 232 g/mol. The molecule has 1 saturated heterocycles. The summed E-state index contributed by atoms with van der Waals surface area (Å²) in [5, 5.41) is 0. The van der Waals surface area contributed by atoms with E-state index >= 15 is 0 Å². The van der Waals surface area contributed by atoms with Crippen molar-refractivity contribution in [2.75, 3.05) is 19.6 Å². The van der Waals surface area contributed by atoms with Crippen LogP contribution in [0, 0.1) is 0 Å². The third-order valence-corrected chi connectivity index (χ3v) is 3.73. The molecule has 2 rings (SSSR count). The Balaban J connectivity index is 1.93. The zero-order valence-electron chi connectivity index (χ0n) is 11.2. The number of hydrogen-bond acceptors (Lipinski definition) is 2. The van der Waals surface area contributed by atoms with Gasteiger partial charge in [-0.25, -0.2) is 0 Å². The van der Waals surface area contributed by atoms with E-state index in [2.05, 4.69) is 42.9 Å². The molecular weight excluding hydrogens is 208 g/mol. The molecule has 0 aromatic carbocycles. The molecule has 0 N–H and O–H groups in total. The predicted molar refractivity (Wildman–Crippen MR) is 73.6 cm³/mol. The van der Waals surface area contributed by atoms with Crippen molar-refractivity contribution in [2.45, 2.75) is 39.2 Å². The van der Waals surface area contributed by atoms with Gasteiger partial charge in [-0.15, -0.1) is 0 Å². The van der Waals surface area contributed by atoms with Gasteiger partial charge in [0, 0.05) is 19.6 Å². The first kappa shape index (κ1) is 12.3. The van der Waals surface area contributed by atoms with Gasteiger partial charge in [-0.2, -0.15) is 0 Å². The number of nitrogens with zero attached hydrogens (tertiary/aromatic N) is 2. The lowest BCUT2D eigenvalue weighted by Gasteiger charge is -2.24. The van der Waals surface area contributed by atoms with Gasteiger partial charge in [-0.3, -0.25) is 0 Å². The molecule has 2 aliphatic rings. The Bertz CT molecular complexity index is 354. The second-order valence-corrected chi connectivity index (χ2v) is 5.32. The minimum Gasteiger partial charge on any atom is -0.352 e. The molecule has 0 aliphatic carbocycles. The van der Waals surface area contributed by atoms with Crippen molar-refractivity contribution >= 4 is 0 Å². The smallest absolute Gasteiger partial charge is 0.0974 e. The standard InChI is InChI=1S/C15H24N2/c1-5-6-12(2)7-8-17-14(4)16-10-13(3)9-15(17)11-16/h9,15H,2,4-8,10-11H2,1,3H3. The van der Waals surface area contributed by atoms with Crippen LogP contribution in [0.25, 0.3) is 0 Å². The molecule has 2 aliphatic heterocycles. The third kappa shape index (κ3) is 2.56. The van der Waals surface area contributed by atoms with Crippen molar-refractivity contribution < 1.29 is 0 Å². The van der Waals surface area contributed by atoms with E-state index in [0.29, 0.717) is 6.04 Å². The highest BCUT2D eigenvalue weighted by molar-refractivity contribution is 5.22. The molecule has 0 saturated carbocycles. The summed E-state index contributed by atoms with van der Waals surface area (Å²) in [6.45, 7) is 16.0. The molecule has 1 fully saturated rings. The number of fused-ring (bicyclic) bond motifs is 2. The molecule has 2 heterocycles. The van der Waals surface area contributed by atoms with Gasteiger partial charge < -0.3 is 9.80 Å². The summed E-state index contributed by atoms with van der Waals surface area (Å²) < 4.78 is 0. The van der Waals surface area contributed by atoms with E-state index in [1.807, 2.05) is 0 Å². The maximum Gasteiger partial charge on any atom is 0.0974 e. The fraction of sp³-hybridized carbons (Fsp3) is 0.600. The Morgan fingerprint density at radius 1 is 1.47 bits per heavy atom. The zero-order chi connectivity index (χ0) is 12.4. The topological polar surface area (TPSA) is 6.48 Å². The fourth-order valence-electron chi connectivity index (χ4n) is 2.84. The summed E-state index contributed by atoms with van der Waals surface area (Å²) in [5.41, 5.74) is 2.84. The van der Waals surface area contributed by atoms with Crippen LogP contribution in [-0.2, 0) is 0 Å². The van der Waals surface area contributed by atoms with Crippen LogP contribution in [0.5, 0.6) is 0 Å². The van der Waals surface area contributed by atoms with E-state index in [-0.39, 0.29) is 0 Å². The highest BCUT2D eigenvalue weighted by Gasteiger charge is 2.33. The average Bonchev–Trinajstić information content (AvgIpc) is 2.48. The van der Waals surface area contributed by atoms with Crippen molar-refractivity contribution in [2.24, 2.45) is 0 Å². The van der Waals surface area contributed by atoms with Crippen LogP contribution in [0.2, 0.25) is 0 Å². The Labute approximate surface area is 105 Å². The molecule has 0 aromatic rings. The SMILES string of the molecule is C=C(CCC)CCN1C(=C)N2CC(C)=CC1C2. The summed E-state index contributed by atoms with van der Waals surface area (Å²) in [7, 11) is 0. The molecule has 0 aromatic heterocycles. The van der Waals surface area contributed by atoms with Gasteiger partial charge >= 0.3 is 0 Å². The molecule has 1 unspecified atom stereocenters. The molecule has 0 spiro atoms. The highest BCUT2D eigenvalue weighted by Crippen LogP contribution is 2.29. The highest BCUT2D eigenvalue weighted by atomic mass is 15.4. The number of hydrogen-bond donors (Lipinski definition) is 0. The van der Waals surface area contributed by atoms with Crippen LogP contribution in [0.3, 0.4) is 0 Å². The van der Waals surface area contributed by atoms with Gasteiger partial charge in [0.15, 0.2) is 0 Å². The summed E-state index contributed by atoms with van der Waals surface area (Å²) in [5.74, 6) is 1.20. The summed E-state index contributed by atoms with van der Waals surface area (Å²) >= 11 is 0. The van der Waals surface area contributed by atoms with Gasteiger partial charge in [0.2, 0.25) is 0 Å². The van der Waals surface area contributed by atoms with Crippen LogP contribution in [0.1, 0.15) is 33.1 Å². The van der Waals surface area contributed by atoms with E-state index in [9.17, 15) is 0 Å². The van der Waals surface area contributed by atoms with Crippen LogP contribution < -0.4 is 0 Å². The zero-order valence-corrected chi connectivity index (χ0v) is 11.2. The van der Waals surface area contributed by atoms with E-state index in [4.69, 9.17) is 0 Å². The molecular formula is C15H24N2. The molecule has 0 radical (unpaired) electrons. The van der Waals surface area contributed by atoms with Crippen LogP contribution in [0.15, 0.2) is 36.2 Å². The van der Waals surface area contributed by atoms with Crippen LogP contribution in [0.4, 0.5) is 0 Å². The van der Waals surface area contributed by atoms with Crippen molar-refractivity contribution in [1.29, 1.82) is 0 Å². The van der Waals surface area contributed by atoms with Gasteiger partial charge in [0.05, 0.1) is 11.9 Å². The van der Waals surface area contributed by atoms with E-state index in [0.717, 1.165) is 32.5 Å². The van der Waals surface area contributed by atoms with E-state index in [1.54, 1.807) is 0 Å². The lowest BCUT2D eigenvalue weighted by Crippen LogP contribution is -2.30. The monoisotopic (exact) mass is 232 g/mol. The molecule has 94 valence electrons. The molecule has 17 heavy (non-hydrogen) atoms. The summed E-state index contributed by atoms with van der Waals surface area (Å²) in [4.78, 5) is 4.83. The van der Waals surface area contributed by atoms with Crippen molar-refractivity contribution in [3.05, 3.63) is 36.2 Å². The largest absolute Gasteiger partial charge is 0.352 e. The quantitative estimate of drug-likeness (QED) is 0.672. The lowest BCUT2D eigenvalue weighted by molar-refractivity contribution is 0.337. The number of rotatable bonds is 5. The molecule has 2 nitrogen and oxygen atoms in total. The summed E-state index contributed by atoms with van der Waals surface area (Å²) in [6, 6.07) is 0.547. The Morgan fingerprint density at radius 3 is 2.94 bits per heavy atom. The minimum absolute atomic E-state index is 0.547. The fourth-order valence-corrected chi connectivity index (χ4v) is 2.84. The summed E-state index contributed by atoms with van der Waals surface area (Å²) in [6.07, 6.45) is 5.86. The maximum atomic E-state index is 4.23. The Kier molecular flexibility index (Phi) is 3.60. The molecule has 1 atom stereocenters. The maximum absolute atomic E-state index is 4.23. The van der Waals surface area contributed by atoms with Crippen molar-refractivity contribution in [3.63, 3.8) is 0 Å². The first-order valence-electron chi connectivity index (χ1n) is 6.66. The third-order valence-electron chi connectivity index (χ3n) is 3.73. The van der Waals surface area contributed by atoms with E-state index < -0.39 is 0 Å². The molecule has 0 amide bonds. The van der Waals surface area contributed by atoms with Gasteiger partial charge in [0.1, 0.15) is 0 Å². The van der Waals surface area contributed by atoms with Gasteiger partial charge in [0.25, 0.3) is 0 Å². The minimum atomic E-state index is 0.547. The second-order valence-electron chi connectivity index (χ2n) is 5.32. The Hall–Kier alpha value is -1.18. The first-order chi connectivity index (χ1) is 8.11. The van der Waals surface area contributed by atoms with E-state index in [1.165, 1.54) is 23.4 Å². The predicted octanol–water partition coefficient (Wildman–Crippen LogP) is 3.15. The first-order valence-corrected chi connectivity index (χ1v) is 6.66. The molecule has 2 heteroatoms. The van der Waals surface area contributed by atoms with Crippen LogP contribution >= 0.6 is 0 Å². The van der Waals surface area contributed by atoms with Crippen molar-refractivity contribution in [3.8, 4) is 0 Å². The van der Waals surface area contributed by atoms with Gasteiger partial charge in [-0.1, -0.05) is 43.7 Å². The lowest BCUT2D eigenvalue weighted by atomic mass is 10.1. The molecule has 2 bridgehead atoms. The van der Waals surface area contributed by atoms with Gasteiger partial charge in [-0.05, 0) is 19.8 Å². The Morgan fingerprint density at radius 2 is 2.24 bits per heavy atom. The second kappa shape index (κ2) is 4.99.